The van der Waals surface area contributed by atoms with Crippen LogP contribution in [-0.4, -0.2) is 9.13 Å². The second-order valence-corrected chi connectivity index (χ2v) is 9.76. The van der Waals surface area contributed by atoms with Gasteiger partial charge in [-0.2, -0.15) is 0 Å². The van der Waals surface area contributed by atoms with Crippen LogP contribution in [0.3, 0.4) is 0 Å². The van der Waals surface area contributed by atoms with Crippen LogP contribution in [0.15, 0.2) is 146 Å². The van der Waals surface area contributed by atoms with E-state index in [0.29, 0.717) is 6.04 Å². The first-order valence-electron chi connectivity index (χ1n) is 13.5. The average Bonchev–Trinajstić information content (AvgIpc) is 3.50. The first kappa shape index (κ1) is 20.0. The fourth-order valence-electron chi connectivity index (χ4n) is 5.97. The zero-order valence-electron chi connectivity index (χ0n) is 21.7. The van der Waals surface area contributed by atoms with Gasteiger partial charge in [0.1, 0.15) is 0 Å². The van der Waals surface area contributed by atoms with E-state index in [-0.39, 0.29) is 0 Å². The third kappa shape index (κ3) is 3.07. The van der Waals surface area contributed by atoms with Crippen molar-refractivity contribution in [3.8, 4) is 22.5 Å². The van der Waals surface area contributed by atoms with Crippen LogP contribution < -0.4 is 0 Å². The lowest BCUT2D eigenvalue weighted by molar-refractivity contribution is 1.18. The highest BCUT2D eigenvalue weighted by Crippen LogP contribution is 2.38. The van der Waals surface area contributed by atoms with Crippen molar-refractivity contribution in [3.63, 3.8) is 0 Å². The average molecular weight is 487 g/mol. The van der Waals surface area contributed by atoms with Crippen molar-refractivity contribution in [1.82, 2.24) is 9.13 Å². The van der Waals surface area contributed by atoms with Crippen molar-refractivity contribution in [2.45, 2.75) is 0 Å². The summed E-state index contributed by atoms with van der Waals surface area (Å²) in [7, 11) is 0. The molecule has 2 heteroatoms. The number of para-hydroxylation sites is 4. The molecule has 0 saturated heterocycles. The summed E-state index contributed by atoms with van der Waals surface area (Å²) in [6.07, 6.45) is 0. The number of hydrogen-bond acceptors (Lipinski definition) is 0. The monoisotopic (exact) mass is 486 g/mol. The first-order valence-corrected chi connectivity index (χ1v) is 13.0. The maximum Gasteiger partial charge on any atom is 0.0623 e. The molecular weight excluding hydrogens is 460 g/mol. The van der Waals surface area contributed by atoms with E-state index in [4.69, 9.17) is 1.37 Å². The van der Waals surface area contributed by atoms with Crippen molar-refractivity contribution in [2.75, 3.05) is 0 Å². The van der Waals surface area contributed by atoms with Gasteiger partial charge in [0.2, 0.25) is 0 Å². The topological polar surface area (TPSA) is 9.86 Å². The third-order valence-corrected chi connectivity index (χ3v) is 7.65. The summed E-state index contributed by atoms with van der Waals surface area (Å²) in [5, 5.41) is 4.97. The van der Waals surface area contributed by atoms with Gasteiger partial charge in [0, 0.05) is 32.9 Å². The van der Waals surface area contributed by atoms with Gasteiger partial charge in [-0.3, -0.25) is 0 Å². The molecule has 8 aromatic rings. The lowest BCUT2D eigenvalue weighted by atomic mass is 10.0. The minimum Gasteiger partial charge on any atom is -0.309 e. The molecule has 6 aromatic carbocycles. The van der Waals surface area contributed by atoms with Crippen LogP contribution in [0.2, 0.25) is 0 Å². The Balaban J connectivity index is 1.35. The molecule has 0 atom stereocenters. The Morgan fingerprint density at radius 2 is 0.789 bits per heavy atom. The lowest BCUT2D eigenvalue weighted by Gasteiger charge is -2.09. The van der Waals surface area contributed by atoms with Crippen LogP contribution in [0.4, 0.5) is 0 Å². The largest absolute Gasteiger partial charge is 0.309 e. The van der Waals surface area contributed by atoms with Crippen molar-refractivity contribution in [1.29, 1.82) is 0 Å². The van der Waals surface area contributed by atoms with E-state index in [0.717, 1.165) is 5.69 Å². The number of hydrogen-bond donors (Lipinski definition) is 0. The van der Waals surface area contributed by atoms with Crippen LogP contribution in [-0.2, 0) is 0 Å². The molecule has 0 spiro atoms. The second-order valence-electron chi connectivity index (χ2n) is 9.76. The van der Waals surface area contributed by atoms with Crippen molar-refractivity contribution in [2.24, 2.45) is 0 Å². The van der Waals surface area contributed by atoms with Crippen LogP contribution in [0.25, 0.3) is 66.1 Å². The Bertz CT molecular complexity index is 2170. The molecule has 2 nitrogen and oxygen atoms in total. The molecule has 2 heterocycles. The molecule has 38 heavy (non-hydrogen) atoms. The van der Waals surface area contributed by atoms with Gasteiger partial charge < -0.3 is 9.13 Å². The molecule has 0 aliphatic rings. The Kier molecular flexibility index (Phi) is 4.33. The Labute approximate surface area is 222 Å². The summed E-state index contributed by atoms with van der Waals surface area (Å²) in [6.45, 7) is 0. The smallest absolute Gasteiger partial charge is 0.0623 e. The quantitative estimate of drug-likeness (QED) is 0.235. The number of nitrogens with zero attached hydrogens (tertiary/aromatic N) is 2. The van der Waals surface area contributed by atoms with Gasteiger partial charge in [0.05, 0.1) is 23.4 Å². The van der Waals surface area contributed by atoms with Crippen LogP contribution in [0, 0.1) is 0 Å². The van der Waals surface area contributed by atoms with Crippen LogP contribution in [0.5, 0.6) is 0 Å². The zero-order valence-corrected chi connectivity index (χ0v) is 20.7. The maximum atomic E-state index is 7.91. The van der Waals surface area contributed by atoms with Gasteiger partial charge >= 0.3 is 0 Å². The molecule has 178 valence electrons. The van der Waals surface area contributed by atoms with Crippen molar-refractivity contribution in [3.05, 3.63) is 146 Å². The predicted octanol–water partition coefficient (Wildman–Crippen LogP) is 9.55. The van der Waals surface area contributed by atoms with Gasteiger partial charge in [-0.25, -0.2) is 0 Å². The fourth-order valence-corrected chi connectivity index (χ4v) is 5.97. The second kappa shape index (κ2) is 8.22. The van der Waals surface area contributed by atoms with E-state index >= 15 is 0 Å². The molecule has 0 bridgehead atoms. The van der Waals surface area contributed by atoms with Crippen molar-refractivity contribution < 1.29 is 1.37 Å². The van der Waals surface area contributed by atoms with Gasteiger partial charge in [-0.15, -0.1) is 0 Å². The molecule has 0 radical (unpaired) electrons. The summed E-state index contributed by atoms with van der Waals surface area (Å²) in [6, 6.07) is 49.7. The molecule has 0 fully saturated rings. The summed E-state index contributed by atoms with van der Waals surface area (Å²) in [5.74, 6) is 0. The number of benzene rings is 6. The molecule has 0 aliphatic heterocycles. The maximum absolute atomic E-state index is 7.91. The van der Waals surface area contributed by atoms with E-state index in [1.54, 1.807) is 0 Å². The minimum absolute atomic E-state index is 0.519. The predicted molar refractivity (Wildman–Crippen MR) is 161 cm³/mol. The summed E-state index contributed by atoms with van der Waals surface area (Å²) in [5.41, 5.74) is 9.41. The number of aromatic nitrogens is 2. The van der Waals surface area contributed by atoms with Crippen molar-refractivity contribution >= 4 is 43.6 Å². The highest BCUT2D eigenvalue weighted by Gasteiger charge is 2.15. The Hall–Kier alpha value is -5.08. The standard InChI is InChI=1S/C36H24N2/c1-3-11-27(12-4-1)37-33-17-9-7-15-29(33)31-23-25(19-21-35(31)37)26-20-22-36-32(24-26)30-16-8-10-18-34(30)38(36)28-13-5-2-6-14-28/h1-24H/i1T. The Morgan fingerprint density at radius 1 is 0.368 bits per heavy atom. The molecule has 0 aliphatic carbocycles. The van der Waals surface area contributed by atoms with Crippen LogP contribution in [0.1, 0.15) is 1.37 Å². The fraction of sp³-hybridized carbons (Fsp3) is 0. The molecule has 0 saturated carbocycles. The molecule has 0 N–H and O–H groups in total. The van der Waals surface area contributed by atoms with E-state index in [1.807, 2.05) is 24.3 Å². The van der Waals surface area contributed by atoms with E-state index in [1.165, 1.54) is 60.4 Å². The number of rotatable bonds is 3. The Morgan fingerprint density at radius 3 is 1.32 bits per heavy atom. The number of fused-ring (bicyclic) bond motifs is 6. The lowest BCUT2D eigenvalue weighted by Crippen LogP contribution is -1.93. The van der Waals surface area contributed by atoms with Crippen LogP contribution >= 0.6 is 0 Å². The molecule has 8 rings (SSSR count). The minimum atomic E-state index is 0.519. The molecule has 2 aromatic heterocycles. The normalized spacial score (nSPS) is 12.1. The molecule has 0 unspecified atom stereocenters. The van der Waals surface area contributed by atoms with Gasteiger partial charge in [0.25, 0.3) is 0 Å². The van der Waals surface area contributed by atoms with Gasteiger partial charge in [-0.05, 0) is 71.8 Å². The van der Waals surface area contributed by atoms with Gasteiger partial charge in [-0.1, -0.05) is 84.9 Å². The summed E-state index contributed by atoms with van der Waals surface area (Å²) in [4.78, 5) is 0. The van der Waals surface area contributed by atoms with E-state index in [2.05, 4.69) is 124 Å². The highest BCUT2D eigenvalue weighted by atomic mass is 15.0. The summed E-state index contributed by atoms with van der Waals surface area (Å²) >= 11 is 0. The van der Waals surface area contributed by atoms with Gasteiger partial charge in [0.15, 0.2) is 0 Å². The summed E-state index contributed by atoms with van der Waals surface area (Å²) < 4.78 is 12.6. The van der Waals surface area contributed by atoms with E-state index < -0.39 is 0 Å². The third-order valence-electron chi connectivity index (χ3n) is 7.65. The molecular formula is C36H24N2. The highest BCUT2D eigenvalue weighted by molar-refractivity contribution is 6.12. The van der Waals surface area contributed by atoms with E-state index in [9.17, 15) is 0 Å². The first-order chi connectivity index (χ1) is 19.3. The zero-order chi connectivity index (χ0) is 25.9. The SMILES string of the molecule is [3H]c1ccc(-n2c3ccccc3c3cc(-c4ccc5c(c4)c4ccccc4n5-c4ccccc4)ccc32)cc1. The molecule has 0 amide bonds.